The Balaban J connectivity index is 1.69. The minimum atomic E-state index is 0.0460. The summed E-state index contributed by atoms with van der Waals surface area (Å²) in [4.78, 5) is 17.7. The van der Waals surface area contributed by atoms with Gasteiger partial charge in [-0.15, -0.1) is 0 Å². The van der Waals surface area contributed by atoms with Crippen LogP contribution in [0.5, 0.6) is 11.5 Å². The summed E-state index contributed by atoms with van der Waals surface area (Å²) in [5.74, 6) is 2.32. The van der Waals surface area contributed by atoms with E-state index in [4.69, 9.17) is 13.9 Å². The predicted molar refractivity (Wildman–Crippen MR) is 116 cm³/mol. The zero-order valence-electron chi connectivity index (χ0n) is 18.1. The van der Waals surface area contributed by atoms with E-state index >= 15 is 0 Å². The van der Waals surface area contributed by atoms with Crippen molar-refractivity contribution in [3.05, 3.63) is 47.3 Å². The molecule has 1 aliphatic rings. The lowest BCUT2D eigenvalue weighted by Gasteiger charge is -2.34. The molecule has 1 aromatic carbocycles. The first-order valence-electron chi connectivity index (χ1n) is 10.4. The fourth-order valence-electron chi connectivity index (χ4n) is 4.08. The first-order valence-corrected chi connectivity index (χ1v) is 10.4. The van der Waals surface area contributed by atoms with Crippen LogP contribution in [-0.2, 0) is 6.54 Å². The number of aryl methyl sites for hydroxylation is 1. The molecule has 30 heavy (non-hydrogen) atoms. The molecule has 2 aromatic heterocycles. The standard InChI is InChI=1S/C23H29N3O4/c1-5-24-6-8-25(9-7-24)23(27)21-14-22-20(10-16(2)30-22)26(21)15-17-11-18(28-3)13-19(12-17)29-4/h10-14H,5-9,15H2,1-4H3. The molecular weight excluding hydrogens is 382 g/mol. The average Bonchev–Trinajstić information content (AvgIpc) is 3.29. The van der Waals surface area contributed by atoms with Gasteiger partial charge < -0.3 is 28.3 Å². The van der Waals surface area contributed by atoms with E-state index in [0.717, 1.165) is 66.6 Å². The van der Waals surface area contributed by atoms with Gasteiger partial charge in [0.25, 0.3) is 5.91 Å². The third-order valence-electron chi connectivity index (χ3n) is 5.79. The number of amides is 1. The van der Waals surface area contributed by atoms with Crippen LogP contribution in [0.1, 0.15) is 28.7 Å². The molecule has 7 heteroatoms. The molecule has 0 unspecified atom stereocenters. The lowest BCUT2D eigenvalue weighted by molar-refractivity contribution is 0.0633. The Kier molecular flexibility index (Phi) is 5.72. The molecular formula is C23H29N3O4. The maximum absolute atomic E-state index is 13.4. The number of hydrogen-bond donors (Lipinski definition) is 0. The number of hydrogen-bond acceptors (Lipinski definition) is 5. The number of carbonyl (C=O) groups excluding carboxylic acids is 1. The molecule has 1 saturated heterocycles. The SMILES string of the molecule is CCN1CCN(C(=O)c2cc3oc(C)cc3n2Cc2cc(OC)cc(OC)c2)CC1. The van der Waals surface area contributed by atoms with Gasteiger partial charge >= 0.3 is 0 Å². The van der Waals surface area contributed by atoms with E-state index in [9.17, 15) is 4.79 Å². The van der Waals surface area contributed by atoms with Crippen molar-refractivity contribution in [3.8, 4) is 11.5 Å². The van der Waals surface area contributed by atoms with Crippen LogP contribution in [0.3, 0.4) is 0 Å². The zero-order chi connectivity index (χ0) is 21.3. The Labute approximate surface area is 176 Å². The molecule has 0 N–H and O–H groups in total. The third-order valence-corrected chi connectivity index (χ3v) is 5.79. The number of carbonyl (C=O) groups is 1. The van der Waals surface area contributed by atoms with Crippen LogP contribution in [-0.4, -0.2) is 67.2 Å². The summed E-state index contributed by atoms with van der Waals surface area (Å²) in [6.45, 7) is 8.91. The van der Waals surface area contributed by atoms with Crippen LogP contribution in [0, 0.1) is 6.92 Å². The highest BCUT2D eigenvalue weighted by Crippen LogP contribution is 2.28. The van der Waals surface area contributed by atoms with Crippen molar-refractivity contribution in [2.45, 2.75) is 20.4 Å². The van der Waals surface area contributed by atoms with Gasteiger partial charge in [-0.3, -0.25) is 4.79 Å². The molecule has 1 aliphatic heterocycles. The van der Waals surface area contributed by atoms with E-state index in [2.05, 4.69) is 11.8 Å². The van der Waals surface area contributed by atoms with E-state index < -0.39 is 0 Å². The molecule has 0 spiro atoms. The van der Waals surface area contributed by atoms with Crippen molar-refractivity contribution in [2.24, 2.45) is 0 Å². The quantitative estimate of drug-likeness (QED) is 0.622. The van der Waals surface area contributed by atoms with Gasteiger partial charge in [0.15, 0.2) is 5.58 Å². The second-order valence-corrected chi connectivity index (χ2v) is 7.67. The molecule has 160 valence electrons. The summed E-state index contributed by atoms with van der Waals surface area (Å²) >= 11 is 0. The van der Waals surface area contributed by atoms with Crippen LogP contribution in [0.2, 0.25) is 0 Å². The lowest BCUT2D eigenvalue weighted by atomic mass is 10.2. The van der Waals surface area contributed by atoms with E-state index in [1.54, 1.807) is 14.2 Å². The minimum absolute atomic E-state index is 0.0460. The number of ether oxygens (including phenoxy) is 2. The Hall–Kier alpha value is -2.93. The number of furan rings is 1. The number of likely N-dealkylation sites (N-methyl/N-ethyl adjacent to an activating group) is 1. The Morgan fingerprint density at radius 1 is 1.00 bits per heavy atom. The molecule has 3 aromatic rings. The largest absolute Gasteiger partial charge is 0.497 e. The monoisotopic (exact) mass is 411 g/mol. The number of piperazine rings is 1. The van der Waals surface area contributed by atoms with Crippen molar-refractivity contribution in [3.63, 3.8) is 0 Å². The Morgan fingerprint density at radius 2 is 1.67 bits per heavy atom. The fraction of sp³-hybridized carbons (Fsp3) is 0.435. The normalized spacial score (nSPS) is 15.0. The number of fused-ring (bicyclic) bond motifs is 1. The van der Waals surface area contributed by atoms with Crippen molar-refractivity contribution < 1.29 is 18.7 Å². The van der Waals surface area contributed by atoms with Gasteiger partial charge in [-0.1, -0.05) is 6.92 Å². The molecule has 7 nitrogen and oxygen atoms in total. The summed E-state index contributed by atoms with van der Waals surface area (Å²) in [6.07, 6.45) is 0. The van der Waals surface area contributed by atoms with Crippen molar-refractivity contribution in [1.29, 1.82) is 0 Å². The number of benzene rings is 1. The maximum atomic E-state index is 13.4. The summed E-state index contributed by atoms with van der Waals surface area (Å²) in [6, 6.07) is 9.63. The lowest BCUT2D eigenvalue weighted by Crippen LogP contribution is -2.48. The van der Waals surface area contributed by atoms with E-state index in [1.807, 2.05) is 46.7 Å². The summed E-state index contributed by atoms with van der Waals surface area (Å²) in [5, 5.41) is 0. The molecule has 3 heterocycles. The second kappa shape index (κ2) is 8.44. The van der Waals surface area contributed by atoms with E-state index in [0.29, 0.717) is 12.2 Å². The van der Waals surface area contributed by atoms with Gasteiger partial charge in [0, 0.05) is 50.9 Å². The van der Waals surface area contributed by atoms with E-state index in [-0.39, 0.29) is 5.91 Å². The Morgan fingerprint density at radius 3 is 2.27 bits per heavy atom. The van der Waals surface area contributed by atoms with E-state index in [1.165, 1.54) is 0 Å². The fourth-order valence-corrected chi connectivity index (χ4v) is 4.08. The van der Waals surface area contributed by atoms with Crippen LogP contribution >= 0.6 is 0 Å². The summed E-state index contributed by atoms with van der Waals surface area (Å²) in [5.41, 5.74) is 3.30. The second-order valence-electron chi connectivity index (χ2n) is 7.67. The summed E-state index contributed by atoms with van der Waals surface area (Å²) < 4.78 is 18.7. The number of rotatable bonds is 6. The van der Waals surface area contributed by atoms with Crippen molar-refractivity contribution in [2.75, 3.05) is 46.9 Å². The van der Waals surface area contributed by atoms with Gasteiger partial charge in [-0.2, -0.15) is 0 Å². The first-order chi connectivity index (χ1) is 14.5. The van der Waals surface area contributed by atoms with Gasteiger partial charge in [-0.05, 0) is 31.2 Å². The number of methoxy groups -OCH3 is 2. The molecule has 0 radical (unpaired) electrons. The average molecular weight is 412 g/mol. The van der Waals surface area contributed by atoms with Crippen LogP contribution in [0.15, 0.2) is 34.7 Å². The van der Waals surface area contributed by atoms with Crippen LogP contribution < -0.4 is 9.47 Å². The topological polar surface area (TPSA) is 60.1 Å². The van der Waals surface area contributed by atoms with Crippen LogP contribution in [0.25, 0.3) is 11.1 Å². The van der Waals surface area contributed by atoms with Gasteiger partial charge in [0.05, 0.1) is 19.7 Å². The molecule has 1 amide bonds. The highest BCUT2D eigenvalue weighted by Gasteiger charge is 2.26. The smallest absolute Gasteiger partial charge is 0.270 e. The highest BCUT2D eigenvalue weighted by atomic mass is 16.5. The number of aromatic nitrogens is 1. The van der Waals surface area contributed by atoms with Crippen LogP contribution in [0.4, 0.5) is 0 Å². The summed E-state index contributed by atoms with van der Waals surface area (Å²) in [7, 11) is 3.27. The molecule has 0 saturated carbocycles. The molecule has 1 fully saturated rings. The van der Waals surface area contributed by atoms with Crippen molar-refractivity contribution >= 4 is 17.0 Å². The molecule has 0 bridgehead atoms. The molecule has 0 atom stereocenters. The minimum Gasteiger partial charge on any atom is -0.497 e. The first kappa shape index (κ1) is 20.3. The van der Waals surface area contributed by atoms with Crippen molar-refractivity contribution in [1.82, 2.24) is 14.4 Å². The third kappa shape index (κ3) is 3.89. The van der Waals surface area contributed by atoms with Gasteiger partial charge in [0.2, 0.25) is 0 Å². The predicted octanol–water partition coefficient (Wildman–Crippen LogP) is 3.39. The molecule has 0 aliphatic carbocycles. The van der Waals surface area contributed by atoms with Gasteiger partial charge in [-0.25, -0.2) is 0 Å². The maximum Gasteiger partial charge on any atom is 0.270 e. The number of nitrogens with zero attached hydrogens (tertiary/aromatic N) is 3. The zero-order valence-corrected chi connectivity index (χ0v) is 18.1. The highest BCUT2D eigenvalue weighted by molar-refractivity contribution is 5.97. The van der Waals surface area contributed by atoms with Gasteiger partial charge in [0.1, 0.15) is 23.0 Å². The molecule has 4 rings (SSSR count). The Bertz CT molecular complexity index is 1020.